The Morgan fingerprint density at radius 2 is 1.48 bits per heavy atom. The molecule has 2 aliphatic carbocycles. The zero-order valence-corrected chi connectivity index (χ0v) is 15.6. The number of amidine groups is 1. The average Bonchev–Trinajstić information content (AvgIpc) is 2.64. The smallest absolute Gasteiger partial charge is 0.379 e. The van der Waals surface area contributed by atoms with Crippen LogP contribution in [0.5, 0.6) is 0 Å². The Hall–Kier alpha value is -1.14. The van der Waals surface area contributed by atoms with E-state index in [1.807, 2.05) is 6.92 Å². The summed E-state index contributed by atoms with van der Waals surface area (Å²) in [4.78, 5) is 24.5. The number of hydrogen-bond donors (Lipinski definition) is 0. The summed E-state index contributed by atoms with van der Waals surface area (Å²) in [7, 11) is 0. The van der Waals surface area contributed by atoms with E-state index in [4.69, 9.17) is 9.57 Å². The van der Waals surface area contributed by atoms with Crippen LogP contribution in [-0.2, 0) is 9.57 Å². The van der Waals surface area contributed by atoms with Gasteiger partial charge in [-0.2, -0.15) is 4.99 Å². The zero-order chi connectivity index (χ0) is 17.5. The van der Waals surface area contributed by atoms with Crippen LogP contribution in [0.4, 0.5) is 4.79 Å². The molecular weight excluding hydrogens is 318 g/mol. The lowest BCUT2D eigenvalue weighted by atomic mass is 9.88. The molecule has 3 aliphatic rings. The molecule has 0 atom stereocenters. The molecule has 6 heteroatoms. The van der Waals surface area contributed by atoms with Crippen LogP contribution in [0, 0.1) is 0 Å². The van der Waals surface area contributed by atoms with E-state index in [0.717, 1.165) is 5.84 Å². The number of hydroxylamine groups is 2. The first-order valence-corrected chi connectivity index (χ1v) is 10.1. The van der Waals surface area contributed by atoms with Crippen molar-refractivity contribution in [3.8, 4) is 0 Å². The summed E-state index contributed by atoms with van der Waals surface area (Å²) in [6.45, 7) is 4.44. The molecule has 3 rings (SSSR count). The summed E-state index contributed by atoms with van der Waals surface area (Å²) >= 11 is 0. The van der Waals surface area contributed by atoms with Gasteiger partial charge in [-0.25, -0.2) is 4.79 Å². The van der Waals surface area contributed by atoms with Crippen LogP contribution < -0.4 is 0 Å². The number of ether oxygens (including phenoxy) is 1. The first-order chi connectivity index (χ1) is 12.2. The molecule has 25 heavy (non-hydrogen) atoms. The van der Waals surface area contributed by atoms with Gasteiger partial charge >= 0.3 is 6.09 Å². The SMILES string of the molecule is C/C(=N\C(=O)ON1CCOCC1)N(C1CCCCC1)C1CCCCC1. The van der Waals surface area contributed by atoms with E-state index in [0.29, 0.717) is 38.4 Å². The molecule has 1 heterocycles. The Bertz CT molecular complexity index is 433. The molecule has 0 radical (unpaired) electrons. The van der Waals surface area contributed by atoms with Crippen molar-refractivity contribution in [2.75, 3.05) is 26.3 Å². The Balaban J connectivity index is 1.65. The van der Waals surface area contributed by atoms with Crippen LogP contribution in [-0.4, -0.2) is 60.3 Å². The van der Waals surface area contributed by atoms with E-state index in [1.54, 1.807) is 5.06 Å². The molecule has 1 saturated heterocycles. The minimum absolute atomic E-state index is 0.490. The molecule has 1 aliphatic heterocycles. The number of rotatable bonds is 3. The standard InChI is InChI=1S/C19H33N3O3/c1-16(20-19(23)25-21-12-14-24-15-13-21)22(17-8-4-2-5-9-17)18-10-6-3-7-11-18/h17-18H,2-15H2,1H3/b20-16+. The van der Waals surface area contributed by atoms with Crippen molar-refractivity contribution in [1.82, 2.24) is 9.96 Å². The van der Waals surface area contributed by atoms with Gasteiger partial charge in [-0.15, -0.1) is 5.06 Å². The largest absolute Gasteiger partial charge is 0.454 e. The number of nitrogens with zero attached hydrogens (tertiary/aromatic N) is 3. The fourth-order valence-electron chi connectivity index (χ4n) is 4.50. The van der Waals surface area contributed by atoms with Crippen molar-refractivity contribution >= 4 is 11.9 Å². The highest BCUT2D eigenvalue weighted by Crippen LogP contribution is 2.30. The third kappa shape index (κ3) is 5.42. The summed E-state index contributed by atoms with van der Waals surface area (Å²) in [5, 5.41) is 1.66. The number of aliphatic imine (C=N–C) groups is 1. The van der Waals surface area contributed by atoms with E-state index < -0.39 is 6.09 Å². The Morgan fingerprint density at radius 3 is 2.00 bits per heavy atom. The molecule has 142 valence electrons. The number of carbonyl (C=O) groups excluding carboxylic acids is 1. The molecule has 0 unspecified atom stereocenters. The maximum Gasteiger partial charge on any atom is 0.454 e. The van der Waals surface area contributed by atoms with Gasteiger partial charge in [0, 0.05) is 12.1 Å². The second-order valence-corrected chi connectivity index (χ2v) is 7.55. The van der Waals surface area contributed by atoms with Gasteiger partial charge in [0.25, 0.3) is 0 Å². The Morgan fingerprint density at radius 1 is 0.960 bits per heavy atom. The molecule has 3 fully saturated rings. The normalized spacial score (nSPS) is 24.9. The maximum atomic E-state index is 12.3. The third-order valence-electron chi connectivity index (χ3n) is 5.74. The molecule has 0 aromatic heterocycles. The molecule has 0 aromatic carbocycles. The average molecular weight is 351 g/mol. The molecule has 0 bridgehead atoms. The van der Waals surface area contributed by atoms with Gasteiger partial charge in [0.05, 0.1) is 26.3 Å². The second kappa shape index (κ2) is 9.53. The molecule has 1 amide bonds. The summed E-state index contributed by atoms with van der Waals surface area (Å²) in [6, 6.07) is 1.08. The van der Waals surface area contributed by atoms with E-state index in [-0.39, 0.29) is 0 Å². The van der Waals surface area contributed by atoms with Gasteiger partial charge in [0.1, 0.15) is 5.84 Å². The van der Waals surface area contributed by atoms with E-state index >= 15 is 0 Å². The van der Waals surface area contributed by atoms with Crippen molar-refractivity contribution < 1.29 is 14.4 Å². The zero-order valence-electron chi connectivity index (χ0n) is 15.6. The van der Waals surface area contributed by atoms with Crippen molar-refractivity contribution in [2.45, 2.75) is 83.2 Å². The monoisotopic (exact) mass is 351 g/mol. The van der Waals surface area contributed by atoms with Crippen LogP contribution >= 0.6 is 0 Å². The lowest BCUT2D eigenvalue weighted by Gasteiger charge is -2.43. The summed E-state index contributed by atoms with van der Waals surface area (Å²) < 4.78 is 5.28. The van der Waals surface area contributed by atoms with Gasteiger partial charge in [0.2, 0.25) is 0 Å². The fraction of sp³-hybridized carbons (Fsp3) is 0.895. The summed E-state index contributed by atoms with van der Waals surface area (Å²) in [5.41, 5.74) is 0. The van der Waals surface area contributed by atoms with Crippen molar-refractivity contribution in [2.24, 2.45) is 4.99 Å². The van der Waals surface area contributed by atoms with Crippen LogP contribution in [0.15, 0.2) is 4.99 Å². The van der Waals surface area contributed by atoms with Crippen molar-refractivity contribution in [3.05, 3.63) is 0 Å². The van der Waals surface area contributed by atoms with Crippen molar-refractivity contribution in [1.29, 1.82) is 0 Å². The van der Waals surface area contributed by atoms with E-state index in [1.165, 1.54) is 64.2 Å². The maximum absolute atomic E-state index is 12.3. The first kappa shape index (κ1) is 18.6. The lowest BCUT2D eigenvalue weighted by Crippen LogP contribution is -2.48. The van der Waals surface area contributed by atoms with Crippen LogP contribution in [0.25, 0.3) is 0 Å². The quantitative estimate of drug-likeness (QED) is 0.572. The van der Waals surface area contributed by atoms with E-state index in [2.05, 4.69) is 9.89 Å². The number of hydrogen-bond acceptors (Lipinski definition) is 4. The number of amides is 1. The Kier molecular flexibility index (Phi) is 7.11. The number of morpholine rings is 1. The number of carbonyl (C=O) groups is 1. The van der Waals surface area contributed by atoms with Gasteiger partial charge < -0.3 is 14.5 Å². The molecule has 6 nitrogen and oxygen atoms in total. The minimum atomic E-state index is -0.490. The summed E-state index contributed by atoms with van der Waals surface area (Å²) in [5.74, 6) is 0.844. The lowest BCUT2D eigenvalue weighted by molar-refractivity contribution is -0.143. The van der Waals surface area contributed by atoms with Crippen LogP contribution in [0.3, 0.4) is 0 Å². The van der Waals surface area contributed by atoms with Gasteiger partial charge in [-0.3, -0.25) is 0 Å². The molecule has 0 aromatic rings. The third-order valence-corrected chi connectivity index (χ3v) is 5.74. The van der Waals surface area contributed by atoms with Gasteiger partial charge in [-0.05, 0) is 32.6 Å². The van der Waals surface area contributed by atoms with Gasteiger partial charge in [-0.1, -0.05) is 38.5 Å². The predicted molar refractivity (Wildman–Crippen MR) is 97.6 cm³/mol. The van der Waals surface area contributed by atoms with E-state index in [9.17, 15) is 4.79 Å². The van der Waals surface area contributed by atoms with Crippen LogP contribution in [0.2, 0.25) is 0 Å². The van der Waals surface area contributed by atoms with Gasteiger partial charge in [0.15, 0.2) is 0 Å². The second-order valence-electron chi connectivity index (χ2n) is 7.55. The molecule has 2 saturated carbocycles. The highest BCUT2D eigenvalue weighted by molar-refractivity contribution is 5.90. The first-order valence-electron chi connectivity index (χ1n) is 10.1. The molecular formula is C19H33N3O3. The van der Waals surface area contributed by atoms with Crippen molar-refractivity contribution in [3.63, 3.8) is 0 Å². The minimum Gasteiger partial charge on any atom is -0.379 e. The molecule has 0 spiro atoms. The highest BCUT2D eigenvalue weighted by Gasteiger charge is 2.30. The topological polar surface area (TPSA) is 54.4 Å². The highest BCUT2D eigenvalue weighted by atomic mass is 16.7. The molecule has 0 N–H and O–H groups in total. The predicted octanol–water partition coefficient (Wildman–Crippen LogP) is 3.76. The fourth-order valence-corrected chi connectivity index (χ4v) is 4.50. The summed E-state index contributed by atoms with van der Waals surface area (Å²) in [6.07, 6.45) is 12.2. The van der Waals surface area contributed by atoms with Crippen LogP contribution in [0.1, 0.15) is 71.1 Å². The Labute approximate surface area is 151 Å².